The largest absolute Gasteiger partial charge is 0.394 e. The van der Waals surface area contributed by atoms with Crippen LogP contribution in [0.4, 0.5) is 0 Å². The zero-order valence-corrected chi connectivity index (χ0v) is 8.13. The minimum Gasteiger partial charge on any atom is -0.394 e. The van der Waals surface area contributed by atoms with E-state index in [4.69, 9.17) is 0 Å². The molecule has 0 amide bonds. The summed E-state index contributed by atoms with van der Waals surface area (Å²) in [5.74, 6) is 0. The van der Waals surface area contributed by atoms with E-state index in [1.807, 2.05) is 30.3 Å². The predicted octanol–water partition coefficient (Wildman–Crippen LogP) is 0.758. The van der Waals surface area contributed by atoms with Crippen LogP contribution in [0.5, 0.6) is 0 Å². The average molecular weight is 204 g/mol. The van der Waals surface area contributed by atoms with E-state index in [1.54, 1.807) is 12.4 Å². The number of benzene rings is 1. The van der Waals surface area contributed by atoms with Gasteiger partial charge in [-0.25, -0.2) is 4.79 Å². The van der Waals surface area contributed by atoms with Gasteiger partial charge in [-0.3, -0.25) is 4.57 Å². The maximum atomic E-state index is 11.4. The molecular weight excluding hydrogens is 192 g/mol. The highest BCUT2D eigenvalue weighted by molar-refractivity contribution is 5.19. The van der Waals surface area contributed by atoms with Gasteiger partial charge in [-0.05, 0) is 5.56 Å². The zero-order chi connectivity index (χ0) is 10.7. The lowest BCUT2D eigenvalue weighted by Gasteiger charge is -2.14. The van der Waals surface area contributed by atoms with E-state index in [1.165, 1.54) is 4.57 Å². The van der Waals surface area contributed by atoms with Gasteiger partial charge < -0.3 is 10.1 Å². The summed E-state index contributed by atoms with van der Waals surface area (Å²) in [6, 6.07) is 9.13. The summed E-state index contributed by atoms with van der Waals surface area (Å²) in [7, 11) is 0. The molecule has 0 aliphatic rings. The van der Waals surface area contributed by atoms with Gasteiger partial charge in [0.25, 0.3) is 0 Å². The molecule has 0 bridgehead atoms. The summed E-state index contributed by atoms with van der Waals surface area (Å²) < 4.78 is 1.48. The van der Waals surface area contributed by atoms with E-state index in [2.05, 4.69) is 4.98 Å². The highest BCUT2D eigenvalue weighted by Gasteiger charge is 2.13. The number of hydrogen-bond acceptors (Lipinski definition) is 2. The van der Waals surface area contributed by atoms with Crippen molar-refractivity contribution in [2.75, 3.05) is 6.61 Å². The molecule has 1 aromatic carbocycles. The second kappa shape index (κ2) is 4.14. The van der Waals surface area contributed by atoms with Crippen molar-refractivity contribution >= 4 is 0 Å². The molecule has 1 unspecified atom stereocenters. The molecule has 0 saturated heterocycles. The Morgan fingerprint density at radius 1 is 1.33 bits per heavy atom. The highest BCUT2D eigenvalue weighted by Crippen LogP contribution is 2.14. The van der Waals surface area contributed by atoms with Crippen LogP contribution in [0.15, 0.2) is 47.5 Å². The van der Waals surface area contributed by atoms with Gasteiger partial charge in [0.2, 0.25) is 0 Å². The van der Waals surface area contributed by atoms with E-state index < -0.39 is 0 Å². The lowest BCUT2D eigenvalue weighted by Crippen LogP contribution is -2.24. The number of aliphatic hydroxyl groups is 1. The molecule has 1 heterocycles. The SMILES string of the molecule is O=c1[nH]ccn1C(CO)c1ccccc1. The first kappa shape index (κ1) is 9.73. The molecular formula is C11H12N2O2. The molecule has 2 aromatic rings. The Hall–Kier alpha value is -1.81. The molecule has 0 aliphatic carbocycles. The van der Waals surface area contributed by atoms with Crippen molar-refractivity contribution < 1.29 is 5.11 Å². The summed E-state index contributed by atoms with van der Waals surface area (Å²) in [5.41, 5.74) is 0.708. The second-order valence-corrected chi connectivity index (χ2v) is 3.28. The van der Waals surface area contributed by atoms with Crippen LogP contribution in [0.3, 0.4) is 0 Å². The summed E-state index contributed by atoms with van der Waals surface area (Å²) in [5, 5.41) is 9.30. The maximum Gasteiger partial charge on any atom is 0.326 e. The quantitative estimate of drug-likeness (QED) is 0.775. The first-order valence-electron chi connectivity index (χ1n) is 4.74. The van der Waals surface area contributed by atoms with Crippen LogP contribution in [0, 0.1) is 0 Å². The minimum atomic E-state index is -0.315. The molecule has 1 aromatic heterocycles. The number of aliphatic hydroxyl groups excluding tert-OH is 1. The van der Waals surface area contributed by atoms with Gasteiger partial charge in [0, 0.05) is 12.4 Å². The van der Waals surface area contributed by atoms with Gasteiger partial charge in [0.15, 0.2) is 0 Å². The fourth-order valence-electron chi connectivity index (χ4n) is 1.61. The standard InChI is InChI=1S/C11H12N2O2/c14-8-10(9-4-2-1-3-5-9)13-7-6-12-11(13)15/h1-7,10,14H,8H2,(H,12,15). The number of hydrogen-bond donors (Lipinski definition) is 2. The average Bonchev–Trinajstić information content (AvgIpc) is 2.68. The van der Waals surface area contributed by atoms with Crippen molar-refractivity contribution in [3.8, 4) is 0 Å². The predicted molar refractivity (Wildman–Crippen MR) is 56.7 cm³/mol. The first-order chi connectivity index (χ1) is 7.33. The molecule has 0 aliphatic heterocycles. The van der Waals surface area contributed by atoms with E-state index >= 15 is 0 Å². The Balaban J connectivity index is 2.42. The van der Waals surface area contributed by atoms with Crippen molar-refractivity contribution in [2.24, 2.45) is 0 Å². The van der Waals surface area contributed by atoms with Crippen molar-refractivity contribution in [1.82, 2.24) is 9.55 Å². The van der Waals surface area contributed by atoms with Crippen molar-refractivity contribution in [3.05, 3.63) is 58.8 Å². The Morgan fingerprint density at radius 2 is 2.07 bits per heavy atom. The molecule has 0 fully saturated rings. The Bertz CT molecular complexity index is 473. The minimum absolute atomic E-state index is 0.0955. The highest BCUT2D eigenvalue weighted by atomic mass is 16.3. The fourth-order valence-corrected chi connectivity index (χ4v) is 1.61. The van der Waals surface area contributed by atoms with Crippen LogP contribution in [-0.2, 0) is 0 Å². The van der Waals surface area contributed by atoms with Gasteiger partial charge in [0.05, 0.1) is 12.6 Å². The van der Waals surface area contributed by atoms with Crippen LogP contribution >= 0.6 is 0 Å². The molecule has 2 N–H and O–H groups in total. The van der Waals surface area contributed by atoms with E-state index in [0.29, 0.717) is 0 Å². The number of aromatic nitrogens is 2. The van der Waals surface area contributed by atoms with Crippen LogP contribution in [0.2, 0.25) is 0 Å². The molecule has 15 heavy (non-hydrogen) atoms. The number of nitrogens with one attached hydrogen (secondary N) is 1. The van der Waals surface area contributed by atoms with Crippen LogP contribution in [0.25, 0.3) is 0 Å². The van der Waals surface area contributed by atoms with Crippen molar-refractivity contribution in [2.45, 2.75) is 6.04 Å². The smallest absolute Gasteiger partial charge is 0.326 e. The summed E-state index contributed by atoms with van der Waals surface area (Å²) >= 11 is 0. The van der Waals surface area contributed by atoms with Crippen molar-refractivity contribution in [1.29, 1.82) is 0 Å². The fraction of sp³-hybridized carbons (Fsp3) is 0.182. The monoisotopic (exact) mass is 204 g/mol. The summed E-state index contributed by atoms with van der Waals surface area (Å²) in [6.45, 7) is -0.0955. The molecule has 0 saturated carbocycles. The molecule has 0 radical (unpaired) electrons. The Morgan fingerprint density at radius 3 is 2.60 bits per heavy atom. The summed E-state index contributed by atoms with van der Waals surface area (Å²) in [4.78, 5) is 13.9. The van der Waals surface area contributed by atoms with Crippen LogP contribution < -0.4 is 5.69 Å². The third-order valence-corrected chi connectivity index (χ3v) is 2.37. The Kier molecular flexibility index (Phi) is 2.69. The van der Waals surface area contributed by atoms with Crippen molar-refractivity contribution in [3.63, 3.8) is 0 Å². The number of aromatic amines is 1. The van der Waals surface area contributed by atoms with Crippen LogP contribution in [-0.4, -0.2) is 21.3 Å². The molecule has 4 heteroatoms. The molecule has 1 atom stereocenters. The third-order valence-electron chi connectivity index (χ3n) is 2.37. The Labute approximate surface area is 86.8 Å². The van der Waals surface area contributed by atoms with E-state index in [0.717, 1.165) is 5.56 Å². The molecule has 0 spiro atoms. The third kappa shape index (κ3) is 1.85. The molecule has 78 valence electrons. The van der Waals surface area contributed by atoms with Gasteiger partial charge >= 0.3 is 5.69 Å². The van der Waals surface area contributed by atoms with Gasteiger partial charge in [-0.1, -0.05) is 30.3 Å². The number of rotatable bonds is 3. The molecule has 4 nitrogen and oxygen atoms in total. The van der Waals surface area contributed by atoms with Gasteiger partial charge in [-0.2, -0.15) is 0 Å². The van der Waals surface area contributed by atoms with Gasteiger partial charge in [-0.15, -0.1) is 0 Å². The normalized spacial score (nSPS) is 12.6. The first-order valence-corrected chi connectivity index (χ1v) is 4.74. The van der Waals surface area contributed by atoms with E-state index in [-0.39, 0.29) is 18.3 Å². The number of H-pyrrole nitrogens is 1. The topological polar surface area (TPSA) is 58.0 Å². The number of nitrogens with zero attached hydrogens (tertiary/aromatic N) is 1. The maximum absolute atomic E-state index is 11.4. The lowest BCUT2D eigenvalue weighted by molar-refractivity contribution is 0.247. The number of imidazole rings is 1. The summed E-state index contributed by atoms with van der Waals surface area (Å²) in [6.07, 6.45) is 3.20. The second-order valence-electron chi connectivity index (χ2n) is 3.28. The van der Waals surface area contributed by atoms with Gasteiger partial charge in [0.1, 0.15) is 0 Å². The van der Waals surface area contributed by atoms with E-state index in [9.17, 15) is 9.90 Å². The molecule has 2 rings (SSSR count). The zero-order valence-electron chi connectivity index (χ0n) is 8.13. The lowest BCUT2D eigenvalue weighted by atomic mass is 10.1. The van der Waals surface area contributed by atoms with Crippen LogP contribution in [0.1, 0.15) is 11.6 Å².